The molecule has 0 heterocycles. The summed E-state index contributed by atoms with van der Waals surface area (Å²) < 4.78 is 0. The summed E-state index contributed by atoms with van der Waals surface area (Å²) in [6.07, 6.45) is 6.14. The molecule has 0 aliphatic heterocycles. The monoisotopic (exact) mass is 578 g/mol. The average molecular weight is 579 g/mol. The molecule has 0 spiro atoms. The van der Waals surface area contributed by atoms with E-state index in [1.807, 2.05) is 6.92 Å². The summed E-state index contributed by atoms with van der Waals surface area (Å²) in [5.41, 5.74) is 1.71. The van der Waals surface area contributed by atoms with E-state index in [0.717, 1.165) is 31.1 Å². The van der Waals surface area contributed by atoms with Crippen LogP contribution in [0.4, 0.5) is 0 Å². The summed E-state index contributed by atoms with van der Waals surface area (Å²) >= 11 is 0. The number of rotatable bonds is 7. The Kier molecular flexibility index (Phi) is 8.38. The molecule has 0 bridgehead atoms. The molecule has 6 N–H and O–H groups in total. The number of aliphatic hydroxyl groups excluding tert-OH is 6. The molecule has 8 unspecified atom stereocenters. The first-order valence-electron chi connectivity index (χ1n) is 17.0. The lowest BCUT2D eigenvalue weighted by Gasteiger charge is -2.73. The van der Waals surface area contributed by atoms with Gasteiger partial charge in [-0.3, -0.25) is 0 Å². The number of fused-ring (bicyclic) bond motifs is 7. The lowest BCUT2D eigenvalue weighted by atomic mass is 9.32. The van der Waals surface area contributed by atoms with Gasteiger partial charge in [0.25, 0.3) is 0 Å². The van der Waals surface area contributed by atoms with E-state index in [4.69, 9.17) is 5.11 Å². The van der Waals surface area contributed by atoms with E-state index < -0.39 is 37.1 Å². The topological polar surface area (TPSA) is 121 Å². The molecule has 0 aromatic rings. The predicted octanol–water partition coefficient (Wildman–Crippen LogP) is 4.91. The number of hydrogen-bond donors (Lipinski definition) is 6. The van der Waals surface area contributed by atoms with E-state index >= 15 is 0 Å². The molecular formula is C35H62O6. The smallest absolute Gasteiger partial charge is 0.111 e. The van der Waals surface area contributed by atoms with Gasteiger partial charge < -0.3 is 30.6 Å². The van der Waals surface area contributed by atoms with Gasteiger partial charge in [0.15, 0.2) is 0 Å². The fourth-order valence-electron chi connectivity index (χ4n) is 13.3. The molecule has 6 nitrogen and oxygen atoms in total. The Morgan fingerprint density at radius 3 is 1.76 bits per heavy atom. The van der Waals surface area contributed by atoms with E-state index in [-0.39, 0.29) is 17.3 Å². The largest absolute Gasteiger partial charge is 0.394 e. The maximum Gasteiger partial charge on any atom is 0.111 e. The molecule has 0 saturated heterocycles. The highest BCUT2D eigenvalue weighted by Crippen LogP contribution is 2.78. The molecule has 15 atom stereocenters. The van der Waals surface area contributed by atoms with Gasteiger partial charge in [-0.05, 0) is 127 Å². The molecule has 238 valence electrons. The maximum atomic E-state index is 11.2. The zero-order chi connectivity index (χ0) is 30.3. The molecular weight excluding hydrogens is 516 g/mol. The van der Waals surface area contributed by atoms with Crippen molar-refractivity contribution in [3.8, 4) is 0 Å². The molecule has 0 aromatic carbocycles. The first-order chi connectivity index (χ1) is 19.0. The molecule has 5 aliphatic rings. The number of hydrogen-bond acceptors (Lipinski definition) is 6. The van der Waals surface area contributed by atoms with Crippen LogP contribution in [0.15, 0.2) is 0 Å². The van der Waals surface area contributed by atoms with Gasteiger partial charge in [-0.2, -0.15) is 0 Å². The van der Waals surface area contributed by atoms with Crippen LogP contribution in [0.1, 0.15) is 119 Å². The van der Waals surface area contributed by atoms with Crippen LogP contribution < -0.4 is 0 Å². The van der Waals surface area contributed by atoms with Gasteiger partial charge in [0.1, 0.15) is 24.4 Å². The molecule has 41 heavy (non-hydrogen) atoms. The Balaban J connectivity index is 1.36. The lowest BCUT2D eigenvalue weighted by molar-refractivity contribution is -0.242. The quantitative estimate of drug-likeness (QED) is 0.255. The Morgan fingerprint density at radius 2 is 1.15 bits per heavy atom. The van der Waals surface area contributed by atoms with Crippen LogP contribution in [0.5, 0.6) is 0 Å². The van der Waals surface area contributed by atoms with E-state index in [1.54, 1.807) is 0 Å². The molecule has 5 rings (SSSR count). The highest BCUT2D eigenvalue weighted by atomic mass is 16.4. The van der Waals surface area contributed by atoms with Crippen LogP contribution in [0, 0.1) is 62.6 Å². The van der Waals surface area contributed by atoms with Crippen LogP contribution in [-0.4, -0.2) is 67.8 Å². The number of aliphatic hydroxyl groups is 6. The fraction of sp³-hybridized carbons (Fsp3) is 1.00. The van der Waals surface area contributed by atoms with E-state index in [1.165, 1.54) is 51.4 Å². The van der Waals surface area contributed by atoms with Gasteiger partial charge in [0, 0.05) is 0 Å². The highest BCUT2D eigenvalue weighted by molar-refractivity contribution is 5.19. The third-order valence-electron chi connectivity index (χ3n) is 15.6. The second kappa shape index (κ2) is 10.7. The van der Waals surface area contributed by atoms with Gasteiger partial charge in [-0.1, -0.05) is 54.9 Å². The van der Waals surface area contributed by atoms with Crippen LogP contribution in [0.25, 0.3) is 0 Å². The van der Waals surface area contributed by atoms with Crippen molar-refractivity contribution in [2.24, 2.45) is 62.6 Å². The molecule has 5 fully saturated rings. The van der Waals surface area contributed by atoms with Crippen molar-refractivity contribution in [1.29, 1.82) is 0 Å². The Labute approximate surface area is 249 Å². The minimum absolute atomic E-state index is 0.194. The SMILES string of the molecule is CC(C(O)C(O)C(O)C(O)C(O)CO)C1CC[C@@]2(C)C1CC[C@]1(C)[C@@H]2CC[C@@H]2[C@@]3(C)CCCC(C)(C)[C@@H]3CC[C@]21C. The third-order valence-corrected chi connectivity index (χ3v) is 15.6. The van der Waals surface area contributed by atoms with Gasteiger partial charge >= 0.3 is 0 Å². The molecule has 0 aromatic heterocycles. The molecule has 5 aliphatic carbocycles. The second-order valence-electron chi connectivity index (χ2n) is 17.4. The van der Waals surface area contributed by atoms with Crippen molar-refractivity contribution in [1.82, 2.24) is 0 Å². The minimum atomic E-state index is -1.73. The Morgan fingerprint density at radius 1 is 0.585 bits per heavy atom. The summed E-state index contributed by atoms with van der Waals surface area (Å²) in [5.74, 6) is 2.71. The zero-order valence-corrected chi connectivity index (χ0v) is 27.0. The minimum Gasteiger partial charge on any atom is -0.394 e. The average Bonchev–Trinajstić information content (AvgIpc) is 3.27. The standard InChI is InChI=1S/C35H62O6/c1-20(27(38)29(40)30(41)28(39)23(37)19-36)21-11-16-32(4)22(21)12-17-34(6)25(32)9-10-26-33(5)15-8-14-31(2,3)24(33)13-18-35(26,34)7/h20-30,36-41H,8-19H2,1-7H3/t20?,21?,22?,23?,24-,25+,26+,27?,28?,29?,30?,32-,33-,34+,35+/m0/s1. The highest BCUT2D eigenvalue weighted by Gasteiger charge is 2.70. The molecule has 0 amide bonds. The summed E-state index contributed by atoms with van der Waals surface area (Å²) in [4.78, 5) is 0. The van der Waals surface area contributed by atoms with Gasteiger partial charge in [-0.15, -0.1) is 0 Å². The Hall–Kier alpha value is -0.240. The van der Waals surface area contributed by atoms with Gasteiger partial charge in [0.05, 0.1) is 12.7 Å². The molecule has 5 saturated carbocycles. The van der Waals surface area contributed by atoms with Crippen molar-refractivity contribution in [2.75, 3.05) is 6.61 Å². The first-order valence-corrected chi connectivity index (χ1v) is 17.0. The maximum absolute atomic E-state index is 11.2. The lowest BCUT2D eigenvalue weighted by Crippen LogP contribution is -2.65. The summed E-state index contributed by atoms with van der Waals surface area (Å²) in [5, 5.41) is 61.5. The van der Waals surface area contributed by atoms with Crippen molar-refractivity contribution in [2.45, 2.75) is 150 Å². The van der Waals surface area contributed by atoms with Crippen LogP contribution in [-0.2, 0) is 0 Å². The van der Waals surface area contributed by atoms with Crippen LogP contribution in [0.2, 0.25) is 0 Å². The van der Waals surface area contributed by atoms with Gasteiger partial charge in [0.2, 0.25) is 0 Å². The fourth-order valence-corrected chi connectivity index (χ4v) is 13.3. The van der Waals surface area contributed by atoms with Crippen molar-refractivity contribution < 1.29 is 30.6 Å². The van der Waals surface area contributed by atoms with Crippen molar-refractivity contribution in [3.05, 3.63) is 0 Å². The normalized spacial score (nSPS) is 49.8. The summed E-state index contributed by atoms with van der Waals surface area (Å²) in [6.45, 7) is 16.9. The van der Waals surface area contributed by atoms with E-state index in [0.29, 0.717) is 33.5 Å². The second-order valence-corrected chi connectivity index (χ2v) is 17.4. The van der Waals surface area contributed by atoms with Crippen molar-refractivity contribution >= 4 is 0 Å². The van der Waals surface area contributed by atoms with Crippen molar-refractivity contribution in [3.63, 3.8) is 0 Å². The Bertz CT molecular complexity index is 955. The van der Waals surface area contributed by atoms with E-state index in [9.17, 15) is 25.5 Å². The predicted molar refractivity (Wildman–Crippen MR) is 161 cm³/mol. The zero-order valence-electron chi connectivity index (χ0n) is 27.0. The first kappa shape index (κ1) is 32.2. The van der Waals surface area contributed by atoms with Crippen LogP contribution >= 0.6 is 0 Å². The van der Waals surface area contributed by atoms with Crippen LogP contribution in [0.3, 0.4) is 0 Å². The van der Waals surface area contributed by atoms with E-state index in [2.05, 4.69) is 41.5 Å². The third kappa shape index (κ3) is 4.54. The molecule has 6 heteroatoms. The van der Waals surface area contributed by atoms with Gasteiger partial charge in [-0.25, -0.2) is 0 Å². The summed E-state index contributed by atoms with van der Waals surface area (Å²) in [6, 6.07) is 0. The molecule has 0 radical (unpaired) electrons. The summed E-state index contributed by atoms with van der Waals surface area (Å²) in [7, 11) is 0.